The van der Waals surface area contributed by atoms with Gasteiger partial charge in [0.1, 0.15) is 0 Å². The minimum absolute atomic E-state index is 0.0109. The van der Waals surface area contributed by atoms with E-state index < -0.39 is 0 Å². The van der Waals surface area contributed by atoms with Gasteiger partial charge in [0, 0.05) is 37.9 Å². The first-order valence-corrected chi connectivity index (χ1v) is 10.7. The highest BCUT2D eigenvalue weighted by Gasteiger charge is 2.58. The van der Waals surface area contributed by atoms with Crippen LogP contribution < -0.4 is 5.32 Å². The van der Waals surface area contributed by atoms with Gasteiger partial charge in [-0.3, -0.25) is 14.6 Å². The highest BCUT2D eigenvalue weighted by atomic mass is 35.5. The minimum Gasteiger partial charge on any atom is -0.356 e. The molecule has 1 saturated heterocycles. The smallest absolute Gasteiger partial charge is 0.255 e. The summed E-state index contributed by atoms with van der Waals surface area (Å²) in [5, 5.41) is 3.59. The molecule has 29 heavy (non-hydrogen) atoms. The van der Waals surface area contributed by atoms with Crippen molar-refractivity contribution >= 4 is 23.4 Å². The second-order valence-corrected chi connectivity index (χ2v) is 8.55. The van der Waals surface area contributed by atoms with E-state index >= 15 is 0 Å². The summed E-state index contributed by atoms with van der Waals surface area (Å²) in [5.74, 6) is 0.259. The summed E-state index contributed by atoms with van der Waals surface area (Å²) in [6, 6.07) is 11.2. The number of piperidine rings is 1. The number of likely N-dealkylation sites (tertiary alicyclic amines) is 1. The van der Waals surface area contributed by atoms with E-state index in [0.717, 1.165) is 32.1 Å². The van der Waals surface area contributed by atoms with Crippen LogP contribution in [0.15, 0.2) is 48.8 Å². The minimum atomic E-state index is -0.0109. The summed E-state index contributed by atoms with van der Waals surface area (Å²) in [7, 11) is 0. The standard InChI is InChI=1S/C23H26ClN3O2/c24-20-6-2-1-5-18(20)22(29)27-14-9-23(10-15-27)16-19(23)21(28)26-11-3-4-17-7-12-25-13-8-17/h1-2,5-8,12-13,19H,3-4,9-11,14-16H2,(H,26,28). The van der Waals surface area contributed by atoms with E-state index in [-0.39, 0.29) is 23.1 Å². The summed E-state index contributed by atoms with van der Waals surface area (Å²) in [5.41, 5.74) is 1.89. The zero-order valence-electron chi connectivity index (χ0n) is 16.4. The molecule has 1 aliphatic heterocycles. The third-order valence-corrected chi connectivity index (χ3v) is 6.68. The fourth-order valence-electron chi connectivity index (χ4n) is 4.41. The molecule has 2 heterocycles. The average molecular weight is 412 g/mol. The van der Waals surface area contributed by atoms with Crippen molar-refractivity contribution in [2.75, 3.05) is 19.6 Å². The second-order valence-electron chi connectivity index (χ2n) is 8.14. The fourth-order valence-corrected chi connectivity index (χ4v) is 4.62. The van der Waals surface area contributed by atoms with Crippen LogP contribution in [0.25, 0.3) is 0 Å². The molecule has 2 fully saturated rings. The number of nitrogens with zero attached hydrogens (tertiary/aromatic N) is 2. The molecule has 1 spiro atoms. The number of benzene rings is 1. The monoisotopic (exact) mass is 411 g/mol. The molecule has 6 heteroatoms. The van der Waals surface area contributed by atoms with Crippen molar-refractivity contribution in [2.24, 2.45) is 11.3 Å². The fraction of sp³-hybridized carbons (Fsp3) is 0.435. The van der Waals surface area contributed by atoms with Crippen molar-refractivity contribution in [3.63, 3.8) is 0 Å². The number of amides is 2. The first kappa shape index (κ1) is 19.9. The summed E-state index contributed by atoms with van der Waals surface area (Å²) in [6.45, 7) is 2.08. The van der Waals surface area contributed by atoms with Crippen molar-refractivity contribution in [1.29, 1.82) is 0 Å². The van der Waals surface area contributed by atoms with Crippen molar-refractivity contribution in [2.45, 2.75) is 32.1 Å². The maximum Gasteiger partial charge on any atom is 0.255 e. The lowest BCUT2D eigenvalue weighted by atomic mass is 9.90. The van der Waals surface area contributed by atoms with Crippen molar-refractivity contribution in [1.82, 2.24) is 15.2 Å². The maximum atomic E-state index is 12.7. The van der Waals surface area contributed by atoms with Gasteiger partial charge < -0.3 is 10.2 Å². The normalized spacial score (nSPS) is 19.8. The molecule has 4 rings (SSSR count). The number of carbonyl (C=O) groups excluding carboxylic acids is 2. The number of nitrogens with one attached hydrogen (secondary N) is 1. The van der Waals surface area contributed by atoms with Crippen LogP contribution in [0.3, 0.4) is 0 Å². The Kier molecular flexibility index (Phi) is 5.86. The first-order chi connectivity index (χ1) is 14.1. The Balaban J connectivity index is 1.21. The number of rotatable bonds is 6. The molecule has 5 nitrogen and oxygen atoms in total. The van der Waals surface area contributed by atoms with Crippen molar-refractivity contribution < 1.29 is 9.59 Å². The van der Waals surface area contributed by atoms with Gasteiger partial charge in [-0.15, -0.1) is 0 Å². The number of pyridine rings is 1. The average Bonchev–Trinajstić information content (AvgIpc) is 3.45. The molecule has 1 aromatic heterocycles. The van der Waals surface area contributed by atoms with Crippen molar-refractivity contribution in [3.05, 3.63) is 64.9 Å². The maximum absolute atomic E-state index is 12.7. The summed E-state index contributed by atoms with van der Waals surface area (Å²) in [6.07, 6.45) is 8.18. The van der Waals surface area contributed by atoms with Gasteiger partial charge in [0.15, 0.2) is 0 Å². The van der Waals surface area contributed by atoms with Crippen molar-refractivity contribution in [3.8, 4) is 0 Å². The highest BCUT2D eigenvalue weighted by Crippen LogP contribution is 2.59. The van der Waals surface area contributed by atoms with Crippen LogP contribution in [-0.2, 0) is 11.2 Å². The molecule has 152 valence electrons. The van der Waals surface area contributed by atoms with Gasteiger partial charge in [-0.2, -0.15) is 0 Å². The topological polar surface area (TPSA) is 62.3 Å². The number of carbonyl (C=O) groups is 2. The molecule has 1 saturated carbocycles. The van der Waals surface area contributed by atoms with E-state index in [1.54, 1.807) is 24.5 Å². The lowest BCUT2D eigenvalue weighted by molar-refractivity contribution is -0.123. The van der Waals surface area contributed by atoms with E-state index in [2.05, 4.69) is 10.3 Å². The molecule has 2 aromatic rings. The third kappa shape index (κ3) is 4.45. The summed E-state index contributed by atoms with van der Waals surface area (Å²) >= 11 is 6.17. The number of aryl methyl sites for hydroxylation is 1. The van der Waals surface area contributed by atoms with E-state index in [1.807, 2.05) is 29.2 Å². The zero-order chi connectivity index (χ0) is 20.3. The number of aromatic nitrogens is 1. The van der Waals surface area contributed by atoms with Gasteiger partial charge in [-0.05, 0) is 67.3 Å². The predicted octanol–water partition coefficient (Wildman–Crippen LogP) is 3.73. The van der Waals surface area contributed by atoms with Gasteiger partial charge in [-0.25, -0.2) is 0 Å². The van der Waals surface area contributed by atoms with Gasteiger partial charge in [0.2, 0.25) is 5.91 Å². The lowest BCUT2D eigenvalue weighted by Gasteiger charge is -2.33. The molecule has 0 radical (unpaired) electrons. The summed E-state index contributed by atoms with van der Waals surface area (Å²) < 4.78 is 0. The van der Waals surface area contributed by atoms with E-state index in [0.29, 0.717) is 30.2 Å². The Labute approximate surface area is 176 Å². The molecule has 1 aromatic carbocycles. The van der Waals surface area contributed by atoms with Crippen LogP contribution in [0.4, 0.5) is 0 Å². The SMILES string of the molecule is O=C(NCCCc1ccncc1)C1CC12CCN(C(=O)c1ccccc1Cl)CC2. The van der Waals surface area contributed by atoms with Crippen LogP contribution in [0, 0.1) is 11.3 Å². The zero-order valence-corrected chi connectivity index (χ0v) is 17.2. The second kappa shape index (κ2) is 8.54. The van der Waals surface area contributed by atoms with E-state index in [1.165, 1.54) is 5.56 Å². The molecule has 1 N–H and O–H groups in total. The Hall–Kier alpha value is -2.40. The highest BCUT2D eigenvalue weighted by molar-refractivity contribution is 6.33. The molecular formula is C23H26ClN3O2. The van der Waals surface area contributed by atoms with E-state index in [4.69, 9.17) is 11.6 Å². The van der Waals surface area contributed by atoms with Crippen LogP contribution in [0.5, 0.6) is 0 Å². The van der Waals surface area contributed by atoms with Gasteiger partial charge in [0.25, 0.3) is 5.91 Å². The first-order valence-electron chi connectivity index (χ1n) is 10.3. The molecule has 0 bridgehead atoms. The van der Waals surface area contributed by atoms with Gasteiger partial charge in [-0.1, -0.05) is 23.7 Å². The molecule has 2 amide bonds. The molecule has 1 atom stereocenters. The summed E-state index contributed by atoms with van der Waals surface area (Å²) in [4.78, 5) is 31.2. The van der Waals surface area contributed by atoms with Crippen LogP contribution in [0.2, 0.25) is 5.02 Å². The Bertz CT molecular complexity index is 879. The Morgan fingerprint density at radius 2 is 1.86 bits per heavy atom. The Morgan fingerprint density at radius 3 is 2.59 bits per heavy atom. The molecule has 1 unspecified atom stereocenters. The van der Waals surface area contributed by atoms with Gasteiger partial charge in [0.05, 0.1) is 10.6 Å². The van der Waals surface area contributed by atoms with Crippen LogP contribution >= 0.6 is 11.6 Å². The third-order valence-electron chi connectivity index (χ3n) is 6.35. The molecule has 2 aliphatic rings. The van der Waals surface area contributed by atoms with Crippen LogP contribution in [0.1, 0.15) is 41.6 Å². The number of hydrogen-bond donors (Lipinski definition) is 1. The predicted molar refractivity (Wildman–Crippen MR) is 113 cm³/mol. The lowest BCUT2D eigenvalue weighted by Crippen LogP contribution is -2.40. The number of halogens is 1. The van der Waals surface area contributed by atoms with Crippen LogP contribution in [-0.4, -0.2) is 41.3 Å². The van der Waals surface area contributed by atoms with E-state index in [9.17, 15) is 9.59 Å². The van der Waals surface area contributed by atoms with Gasteiger partial charge >= 0.3 is 0 Å². The quantitative estimate of drug-likeness (QED) is 0.737. The molecular weight excluding hydrogens is 386 g/mol. The molecule has 1 aliphatic carbocycles. The Morgan fingerprint density at radius 1 is 1.14 bits per heavy atom. The number of hydrogen-bond acceptors (Lipinski definition) is 3. The largest absolute Gasteiger partial charge is 0.356 e.